The molecule has 8 nitrogen and oxygen atoms in total. The Hall–Kier alpha value is -2.71. The summed E-state index contributed by atoms with van der Waals surface area (Å²) in [7, 11) is 0. The van der Waals surface area contributed by atoms with Gasteiger partial charge in [-0.2, -0.15) is 0 Å². The fraction of sp³-hybridized carbons (Fsp3) is 0.500. The van der Waals surface area contributed by atoms with Crippen LogP contribution < -0.4 is 17.2 Å². The minimum Gasteiger partial charge on any atom is -0.480 e. The third kappa shape index (κ3) is 5.46. The number of nitrogens with zero attached hydrogens (tertiary/aromatic N) is 3. The largest absolute Gasteiger partial charge is 0.480 e. The van der Waals surface area contributed by atoms with Gasteiger partial charge >= 0.3 is 5.97 Å². The van der Waals surface area contributed by atoms with Crippen molar-refractivity contribution in [2.24, 2.45) is 5.73 Å². The molecule has 0 amide bonds. The Morgan fingerprint density at radius 2 is 1.47 bits per heavy atom. The van der Waals surface area contributed by atoms with Crippen LogP contribution in [0.25, 0.3) is 0 Å². The summed E-state index contributed by atoms with van der Waals surface area (Å²) in [6, 6.07) is 6.46. The minimum atomic E-state index is -0.972. The van der Waals surface area contributed by atoms with E-state index in [9.17, 15) is 4.79 Å². The minimum absolute atomic E-state index is 0.428. The number of rotatable bonds is 10. The number of pyridine rings is 2. The van der Waals surface area contributed by atoms with Crippen LogP contribution in [0.4, 0.5) is 11.4 Å². The standard InChI is InChI=1S/C22H34N6O2/c1-21(2,18-13-15(23)8-10-26-18)28(12-6-5-7-17(25)20(29)30)22(3,4)19-14-16(24)9-11-27-19/h8-11,13-14,17H,5-7,12,25H2,1-4H3,(H2,23,26)(H2,24,27)(H,29,30). The highest BCUT2D eigenvalue weighted by molar-refractivity contribution is 5.72. The fourth-order valence-electron chi connectivity index (χ4n) is 3.85. The predicted molar refractivity (Wildman–Crippen MR) is 120 cm³/mol. The normalized spacial score (nSPS) is 13.4. The smallest absolute Gasteiger partial charge is 0.320 e. The summed E-state index contributed by atoms with van der Waals surface area (Å²) in [6.45, 7) is 9.11. The second-order valence-electron chi connectivity index (χ2n) is 8.66. The summed E-state index contributed by atoms with van der Waals surface area (Å²) in [5.74, 6) is -0.972. The molecule has 2 rings (SSSR count). The Kier molecular flexibility index (Phi) is 7.39. The van der Waals surface area contributed by atoms with Crippen LogP contribution in [0, 0.1) is 0 Å². The van der Waals surface area contributed by atoms with Gasteiger partial charge in [0.25, 0.3) is 0 Å². The van der Waals surface area contributed by atoms with E-state index in [4.69, 9.17) is 22.3 Å². The van der Waals surface area contributed by atoms with E-state index < -0.39 is 23.1 Å². The maximum Gasteiger partial charge on any atom is 0.320 e. The van der Waals surface area contributed by atoms with Crippen LogP contribution >= 0.6 is 0 Å². The van der Waals surface area contributed by atoms with Gasteiger partial charge in [0.2, 0.25) is 0 Å². The first-order valence-corrected chi connectivity index (χ1v) is 10.2. The summed E-state index contributed by atoms with van der Waals surface area (Å²) in [5.41, 5.74) is 19.8. The van der Waals surface area contributed by atoms with Gasteiger partial charge in [0.15, 0.2) is 0 Å². The van der Waals surface area contributed by atoms with Crippen molar-refractivity contribution in [2.75, 3.05) is 18.0 Å². The molecule has 2 heterocycles. The molecule has 0 aliphatic carbocycles. The summed E-state index contributed by atoms with van der Waals surface area (Å²) in [6.07, 6.45) is 5.32. The number of aliphatic carboxylic acids is 1. The average molecular weight is 415 g/mol. The summed E-state index contributed by atoms with van der Waals surface area (Å²) >= 11 is 0. The monoisotopic (exact) mass is 414 g/mol. The van der Waals surface area contributed by atoms with Gasteiger partial charge in [-0.15, -0.1) is 0 Å². The predicted octanol–water partition coefficient (Wildman–Crippen LogP) is 2.70. The molecule has 0 saturated heterocycles. The van der Waals surface area contributed by atoms with Gasteiger partial charge in [0.05, 0.1) is 22.5 Å². The molecule has 1 unspecified atom stereocenters. The third-order valence-corrected chi connectivity index (χ3v) is 5.64. The second kappa shape index (κ2) is 9.40. The van der Waals surface area contributed by atoms with Crippen LogP contribution in [0.5, 0.6) is 0 Å². The fourth-order valence-corrected chi connectivity index (χ4v) is 3.85. The summed E-state index contributed by atoms with van der Waals surface area (Å²) in [4.78, 5) is 22.5. The summed E-state index contributed by atoms with van der Waals surface area (Å²) in [5, 5.41) is 9.02. The molecule has 0 bridgehead atoms. The van der Waals surface area contributed by atoms with Gasteiger partial charge in [0.1, 0.15) is 6.04 Å². The highest BCUT2D eigenvalue weighted by Gasteiger charge is 2.41. The number of carboxylic acid groups (broad SMARTS) is 1. The maximum absolute atomic E-state index is 11.0. The molecule has 0 spiro atoms. The van der Waals surface area contributed by atoms with Crippen LogP contribution in [0.2, 0.25) is 0 Å². The molecule has 0 aliphatic heterocycles. The SMILES string of the molecule is CC(C)(c1cc(N)ccn1)N(CCCCC(N)C(=O)O)C(C)(C)c1cc(N)ccn1. The van der Waals surface area contributed by atoms with Gasteiger partial charge in [-0.25, -0.2) is 0 Å². The number of hydrogen-bond acceptors (Lipinski definition) is 7. The van der Waals surface area contributed by atoms with Crippen LogP contribution in [0.3, 0.4) is 0 Å². The van der Waals surface area contributed by atoms with Gasteiger partial charge in [-0.05, 0) is 71.3 Å². The van der Waals surface area contributed by atoms with Crippen LogP contribution in [0.1, 0.15) is 58.3 Å². The van der Waals surface area contributed by atoms with Crippen molar-refractivity contribution in [3.05, 3.63) is 48.0 Å². The van der Waals surface area contributed by atoms with Crippen LogP contribution in [-0.2, 0) is 15.9 Å². The molecule has 7 N–H and O–H groups in total. The highest BCUT2D eigenvalue weighted by atomic mass is 16.4. The zero-order chi connectivity index (χ0) is 22.5. The average Bonchev–Trinajstić information content (AvgIpc) is 2.67. The lowest BCUT2D eigenvalue weighted by Crippen LogP contribution is -2.53. The Balaban J connectivity index is 2.35. The van der Waals surface area contributed by atoms with Crippen molar-refractivity contribution in [1.29, 1.82) is 0 Å². The Labute approximate surface area is 178 Å². The third-order valence-electron chi connectivity index (χ3n) is 5.64. The van der Waals surface area contributed by atoms with Gasteiger partial charge in [-0.3, -0.25) is 19.7 Å². The first kappa shape index (κ1) is 23.6. The second-order valence-corrected chi connectivity index (χ2v) is 8.66. The molecule has 0 aliphatic rings. The van der Waals surface area contributed by atoms with Crippen molar-refractivity contribution in [1.82, 2.24) is 14.9 Å². The van der Waals surface area contributed by atoms with E-state index in [0.29, 0.717) is 30.8 Å². The van der Waals surface area contributed by atoms with Crippen molar-refractivity contribution in [2.45, 2.75) is 64.1 Å². The van der Waals surface area contributed by atoms with Crippen LogP contribution in [0.15, 0.2) is 36.7 Å². The van der Waals surface area contributed by atoms with Crippen molar-refractivity contribution in [3.8, 4) is 0 Å². The number of carbonyl (C=O) groups is 1. The molecule has 164 valence electrons. The number of unbranched alkanes of at least 4 members (excludes halogenated alkanes) is 1. The molecule has 0 fully saturated rings. The van der Waals surface area contributed by atoms with E-state index in [1.165, 1.54) is 0 Å². The van der Waals surface area contributed by atoms with E-state index in [1.54, 1.807) is 24.5 Å². The zero-order valence-electron chi connectivity index (χ0n) is 18.3. The molecular weight excluding hydrogens is 380 g/mol. The molecule has 0 aromatic carbocycles. The topological polar surface area (TPSA) is 144 Å². The highest BCUT2D eigenvalue weighted by Crippen LogP contribution is 2.39. The lowest BCUT2D eigenvalue weighted by Gasteiger charge is -2.48. The van der Waals surface area contributed by atoms with Crippen molar-refractivity contribution < 1.29 is 9.90 Å². The zero-order valence-corrected chi connectivity index (χ0v) is 18.3. The number of aromatic nitrogens is 2. The number of nitrogen functional groups attached to an aromatic ring is 2. The van der Waals surface area contributed by atoms with E-state index in [2.05, 4.69) is 42.6 Å². The molecule has 8 heteroatoms. The van der Waals surface area contributed by atoms with E-state index in [-0.39, 0.29) is 0 Å². The molecule has 2 aromatic heterocycles. The molecular formula is C22H34N6O2. The first-order valence-electron chi connectivity index (χ1n) is 10.2. The van der Waals surface area contributed by atoms with E-state index in [0.717, 1.165) is 17.8 Å². The molecule has 2 aromatic rings. The summed E-state index contributed by atoms with van der Waals surface area (Å²) < 4.78 is 0. The van der Waals surface area contributed by atoms with Crippen molar-refractivity contribution in [3.63, 3.8) is 0 Å². The lowest BCUT2D eigenvalue weighted by molar-refractivity contribution is -0.138. The Bertz CT molecular complexity index is 811. The number of hydrogen-bond donors (Lipinski definition) is 4. The molecule has 0 saturated carbocycles. The lowest BCUT2D eigenvalue weighted by atomic mass is 9.86. The van der Waals surface area contributed by atoms with Crippen molar-refractivity contribution >= 4 is 17.3 Å². The first-order chi connectivity index (χ1) is 14.0. The van der Waals surface area contributed by atoms with E-state index >= 15 is 0 Å². The van der Waals surface area contributed by atoms with Gasteiger partial charge in [-0.1, -0.05) is 6.42 Å². The molecule has 30 heavy (non-hydrogen) atoms. The van der Waals surface area contributed by atoms with Crippen LogP contribution in [-0.4, -0.2) is 38.5 Å². The quantitative estimate of drug-likeness (QED) is 0.434. The maximum atomic E-state index is 11.0. The molecule has 0 radical (unpaired) electrons. The Morgan fingerprint density at radius 3 is 1.87 bits per heavy atom. The number of carboxylic acids is 1. The molecule has 1 atom stereocenters. The number of anilines is 2. The van der Waals surface area contributed by atoms with Gasteiger partial charge < -0.3 is 22.3 Å². The van der Waals surface area contributed by atoms with E-state index in [1.807, 2.05) is 12.1 Å². The number of nitrogens with two attached hydrogens (primary N) is 3. The Morgan fingerprint density at radius 1 is 1.00 bits per heavy atom. The van der Waals surface area contributed by atoms with Gasteiger partial charge in [0, 0.05) is 23.8 Å².